The molecule has 0 spiro atoms. The van der Waals surface area contributed by atoms with E-state index in [2.05, 4.69) is 27.3 Å². The van der Waals surface area contributed by atoms with Gasteiger partial charge in [0.05, 0.1) is 18.2 Å². The van der Waals surface area contributed by atoms with Gasteiger partial charge in [-0.05, 0) is 57.2 Å². The minimum absolute atomic E-state index is 0.160. The number of amides is 3. The van der Waals surface area contributed by atoms with Crippen molar-refractivity contribution in [3.63, 3.8) is 0 Å². The van der Waals surface area contributed by atoms with E-state index in [-0.39, 0.29) is 17.9 Å². The molecule has 0 saturated carbocycles. The highest BCUT2D eigenvalue weighted by molar-refractivity contribution is 5.93. The van der Waals surface area contributed by atoms with Crippen molar-refractivity contribution < 1.29 is 19.5 Å². The Hall–Kier alpha value is -2.45. The summed E-state index contributed by atoms with van der Waals surface area (Å²) in [7, 11) is 1.66. The molecule has 0 saturated heterocycles. The maximum Gasteiger partial charge on any atom is 0.245 e. The second-order valence-corrected chi connectivity index (χ2v) is 8.62. The molecule has 5 N–H and O–H groups in total. The average Bonchev–Trinajstić information content (AvgIpc) is 2.74. The first-order valence-electron chi connectivity index (χ1n) is 11.0. The van der Waals surface area contributed by atoms with Crippen molar-refractivity contribution >= 4 is 17.7 Å². The summed E-state index contributed by atoms with van der Waals surface area (Å²) in [5, 5.41) is 21.4. The van der Waals surface area contributed by atoms with Crippen molar-refractivity contribution in [1.29, 1.82) is 0 Å². The van der Waals surface area contributed by atoms with E-state index in [4.69, 9.17) is 0 Å². The lowest BCUT2D eigenvalue weighted by Crippen LogP contribution is -2.59. The van der Waals surface area contributed by atoms with Crippen molar-refractivity contribution in [1.82, 2.24) is 21.3 Å². The molecule has 0 aromatic heterocycles. The molecule has 172 valence electrons. The Morgan fingerprint density at radius 2 is 1.61 bits per heavy atom. The Balaban J connectivity index is 2.10. The van der Waals surface area contributed by atoms with E-state index in [0.29, 0.717) is 0 Å². The van der Waals surface area contributed by atoms with Gasteiger partial charge in [-0.1, -0.05) is 38.1 Å². The molecule has 31 heavy (non-hydrogen) atoms. The number of likely N-dealkylation sites (N-methyl/N-ethyl adjacent to an activating group) is 1. The Morgan fingerprint density at radius 1 is 0.968 bits per heavy atom. The van der Waals surface area contributed by atoms with Crippen molar-refractivity contribution in [2.45, 2.75) is 77.2 Å². The molecule has 0 aliphatic heterocycles. The van der Waals surface area contributed by atoms with Crippen LogP contribution in [-0.2, 0) is 20.8 Å². The molecular weight excluding hydrogens is 396 g/mol. The highest BCUT2D eigenvalue weighted by atomic mass is 16.3. The predicted molar refractivity (Wildman–Crippen MR) is 119 cm³/mol. The SMILES string of the molecule is CN[C@@H](C)C(=O)N[C@H](C(=O)N[C@H](C(=O)NC1CCCc2ccccc21)C(C)O)C(C)C. The number of aliphatic hydroxyl groups is 1. The van der Waals surface area contributed by atoms with Crippen LogP contribution in [0.4, 0.5) is 0 Å². The highest BCUT2D eigenvalue weighted by Crippen LogP contribution is 2.29. The van der Waals surface area contributed by atoms with Crippen molar-refractivity contribution in [2.24, 2.45) is 5.92 Å². The monoisotopic (exact) mass is 432 g/mol. The maximum atomic E-state index is 13.0. The summed E-state index contributed by atoms with van der Waals surface area (Å²) in [6.45, 7) is 6.78. The fourth-order valence-electron chi connectivity index (χ4n) is 3.76. The van der Waals surface area contributed by atoms with Gasteiger partial charge in [0.25, 0.3) is 0 Å². The molecule has 0 bridgehead atoms. The Labute approximate surface area is 184 Å². The zero-order chi connectivity index (χ0) is 23.1. The van der Waals surface area contributed by atoms with Gasteiger partial charge in [-0.2, -0.15) is 0 Å². The third-order valence-electron chi connectivity index (χ3n) is 5.82. The molecule has 0 fully saturated rings. The van der Waals surface area contributed by atoms with Crippen LogP contribution in [0, 0.1) is 5.92 Å². The standard InChI is InChI=1S/C23H36N4O4/c1-13(2)19(26-21(29)14(3)24-5)22(30)27-20(15(4)28)23(31)25-18-12-8-10-16-9-6-7-11-17(16)18/h6-7,9,11,13-15,18-20,24,28H,8,10,12H2,1-5H3,(H,25,31)(H,26,29)(H,27,30)/t14-,15?,18?,19-,20-/m0/s1. The second-order valence-electron chi connectivity index (χ2n) is 8.62. The van der Waals surface area contributed by atoms with Gasteiger partial charge in [-0.25, -0.2) is 0 Å². The smallest absolute Gasteiger partial charge is 0.245 e. The molecule has 1 aromatic rings. The van der Waals surface area contributed by atoms with Crippen molar-refractivity contribution in [3.8, 4) is 0 Å². The van der Waals surface area contributed by atoms with Gasteiger partial charge in [-0.15, -0.1) is 0 Å². The van der Waals surface area contributed by atoms with E-state index in [0.717, 1.165) is 24.8 Å². The third kappa shape index (κ3) is 6.51. The lowest BCUT2D eigenvalue weighted by Gasteiger charge is -2.30. The lowest BCUT2D eigenvalue weighted by molar-refractivity contribution is -0.135. The van der Waals surface area contributed by atoms with Crippen LogP contribution in [0.5, 0.6) is 0 Å². The molecule has 1 aliphatic carbocycles. The molecule has 5 atom stereocenters. The number of aliphatic hydroxyl groups excluding tert-OH is 1. The molecule has 2 unspecified atom stereocenters. The summed E-state index contributed by atoms with van der Waals surface area (Å²) in [6.07, 6.45) is 1.64. The number of hydrogen-bond acceptors (Lipinski definition) is 5. The summed E-state index contributed by atoms with van der Waals surface area (Å²) in [4.78, 5) is 38.1. The zero-order valence-corrected chi connectivity index (χ0v) is 19.1. The first kappa shape index (κ1) is 24.8. The van der Waals surface area contributed by atoms with Crippen LogP contribution in [-0.4, -0.2) is 54.1 Å². The minimum atomic E-state index is -1.12. The average molecular weight is 433 g/mol. The van der Waals surface area contributed by atoms with E-state index >= 15 is 0 Å². The predicted octanol–water partition coefficient (Wildman–Crippen LogP) is 0.795. The Morgan fingerprint density at radius 3 is 2.23 bits per heavy atom. The van der Waals surface area contributed by atoms with Crippen molar-refractivity contribution in [2.75, 3.05) is 7.05 Å². The molecular formula is C23H36N4O4. The minimum Gasteiger partial charge on any atom is -0.391 e. The van der Waals surface area contributed by atoms with E-state index in [9.17, 15) is 19.5 Å². The van der Waals surface area contributed by atoms with Gasteiger partial charge in [0, 0.05) is 0 Å². The van der Waals surface area contributed by atoms with Crippen LogP contribution in [0.3, 0.4) is 0 Å². The van der Waals surface area contributed by atoms with Crippen LogP contribution >= 0.6 is 0 Å². The second kappa shape index (κ2) is 11.2. The van der Waals surface area contributed by atoms with E-state index in [1.807, 2.05) is 32.0 Å². The van der Waals surface area contributed by atoms with Gasteiger partial charge in [0.15, 0.2) is 0 Å². The first-order valence-corrected chi connectivity index (χ1v) is 11.0. The fourth-order valence-corrected chi connectivity index (χ4v) is 3.76. The number of rotatable bonds is 9. The lowest BCUT2D eigenvalue weighted by atomic mass is 9.87. The number of hydrogen-bond donors (Lipinski definition) is 5. The van der Waals surface area contributed by atoms with Crippen LogP contribution in [0.15, 0.2) is 24.3 Å². The number of fused-ring (bicyclic) bond motifs is 1. The summed E-state index contributed by atoms with van der Waals surface area (Å²) in [6, 6.07) is 5.42. The molecule has 1 aliphatic rings. The fraction of sp³-hybridized carbons (Fsp3) is 0.609. The van der Waals surface area contributed by atoms with Crippen LogP contribution in [0.2, 0.25) is 0 Å². The van der Waals surface area contributed by atoms with E-state index in [1.165, 1.54) is 12.5 Å². The normalized spacial score (nSPS) is 19.5. The molecule has 0 radical (unpaired) electrons. The van der Waals surface area contributed by atoms with Gasteiger partial charge in [-0.3, -0.25) is 14.4 Å². The number of carbonyl (C=O) groups is 3. The zero-order valence-electron chi connectivity index (χ0n) is 19.1. The van der Waals surface area contributed by atoms with Crippen LogP contribution < -0.4 is 21.3 Å². The quantitative estimate of drug-likeness (QED) is 0.395. The number of nitrogens with one attached hydrogen (secondary N) is 4. The summed E-state index contributed by atoms with van der Waals surface area (Å²) >= 11 is 0. The molecule has 8 heteroatoms. The van der Waals surface area contributed by atoms with E-state index < -0.39 is 36.0 Å². The van der Waals surface area contributed by atoms with Crippen LogP contribution in [0.25, 0.3) is 0 Å². The largest absolute Gasteiger partial charge is 0.391 e. The molecule has 1 aromatic carbocycles. The van der Waals surface area contributed by atoms with Gasteiger partial charge in [0.1, 0.15) is 12.1 Å². The number of benzene rings is 1. The molecule has 0 heterocycles. The van der Waals surface area contributed by atoms with Gasteiger partial charge < -0.3 is 26.4 Å². The van der Waals surface area contributed by atoms with E-state index in [1.54, 1.807) is 14.0 Å². The van der Waals surface area contributed by atoms with Crippen molar-refractivity contribution in [3.05, 3.63) is 35.4 Å². The highest BCUT2D eigenvalue weighted by Gasteiger charge is 2.33. The van der Waals surface area contributed by atoms with Gasteiger partial charge in [0.2, 0.25) is 17.7 Å². The Bertz CT molecular complexity index is 781. The van der Waals surface area contributed by atoms with Gasteiger partial charge >= 0.3 is 0 Å². The summed E-state index contributed by atoms with van der Waals surface area (Å²) in [5.41, 5.74) is 2.28. The topological polar surface area (TPSA) is 120 Å². The third-order valence-corrected chi connectivity index (χ3v) is 5.82. The maximum absolute atomic E-state index is 13.0. The molecule has 2 rings (SSSR count). The summed E-state index contributed by atoms with van der Waals surface area (Å²) < 4.78 is 0. The number of aryl methyl sites for hydroxylation is 1. The molecule has 8 nitrogen and oxygen atoms in total. The number of carbonyl (C=O) groups excluding carboxylic acids is 3. The molecule has 3 amide bonds. The first-order chi connectivity index (χ1) is 14.6. The van der Waals surface area contributed by atoms with Crippen LogP contribution in [0.1, 0.15) is 57.7 Å². The summed E-state index contributed by atoms with van der Waals surface area (Å²) in [5.74, 6) is -1.46. The Kier molecular flexibility index (Phi) is 9.00.